The number of benzene rings is 1. The lowest BCUT2D eigenvalue weighted by atomic mass is 9.88. The first-order valence-corrected chi connectivity index (χ1v) is 11.0. The number of imidazole rings is 1. The first-order chi connectivity index (χ1) is 14.5. The highest BCUT2D eigenvalue weighted by Crippen LogP contribution is 2.33. The van der Waals surface area contributed by atoms with Gasteiger partial charge in [0.25, 0.3) is 0 Å². The van der Waals surface area contributed by atoms with Crippen molar-refractivity contribution in [2.24, 2.45) is 7.05 Å². The number of aromatic nitrogens is 2. The van der Waals surface area contributed by atoms with E-state index in [4.69, 9.17) is 0 Å². The molecule has 2 aliphatic heterocycles. The molecule has 162 valence electrons. The average molecular weight is 414 g/mol. The lowest BCUT2D eigenvalue weighted by Crippen LogP contribution is -2.52. The van der Waals surface area contributed by atoms with E-state index in [1.54, 1.807) is 11.6 Å². The minimum absolute atomic E-state index is 0.292. The van der Waals surface area contributed by atoms with E-state index in [1.807, 2.05) is 19.2 Å². The number of hydrogen-bond acceptors (Lipinski definition) is 5. The second kappa shape index (κ2) is 8.73. The van der Waals surface area contributed by atoms with Crippen LogP contribution in [0.15, 0.2) is 23.0 Å². The molecule has 2 fully saturated rings. The summed E-state index contributed by atoms with van der Waals surface area (Å²) in [6.45, 7) is 4.22. The summed E-state index contributed by atoms with van der Waals surface area (Å²) in [5.41, 5.74) is 2.27. The number of rotatable bonds is 6. The van der Waals surface area contributed by atoms with Crippen molar-refractivity contribution in [1.29, 1.82) is 0 Å². The van der Waals surface area contributed by atoms with Crippen LogP contribution in [0.25, 0.3) is 11.0 Å². The van der Waals surface area contributed by atoms with Gasteiger partial charge in [0, 0.05) is 19.9 Å². The number of amides is 2. The molecule has 3 heterocycles. The minimum Gasteiger partial charge on any atom is -0.320 e. The Bertz CT molecular complexity index is 984. The molecule has 4 rings (SSSR count). The van der Waals surface area contributed by atoms with Crippen LogP contribution < -0.4 is 16.0 Å². The normalized spacial score (nSPS) is 19.2. The zero-order valence-corrected chi connectivity index (χ0v) is 17.9. The van der Waals surface area contributed by atoms with Gasteiger partial charge in [-0.2, -0.15) is 9.69 Å². The summed E-state index contributed by atoms with van der Waals surface area (Å²) in [5.74, 6) is -0.245. The van der Waals surface area contributed by atoms with Crippen molar-refractivity contribution in [3.05, 3.63) is 34.2 Å². The standard InChI is InChI=1S/C22H31N5O3/c1-23-12-5-13-25-14-10-16(11-15-25)17-6-3-7-18-21(17)24(2)22(30)26(18)27-19(28)8-4-9-20(27)29/h3,6-7,16,23H,4-5,8-15H2,1-2H3. The van der Waals surface area contributed by atoms with Crippen molar-refractivity contribution in [3.8, 4) is 0 Å². The van der Waals surface area contributed by atoms with E-state index in [-0.39, 0.29) is 17.5 Å². The molecule has 0 radical (unpaired) electrons. The predicted octanol–water partition coefficient (Wildman–Crippen LogP) is 1.30. The Kier molecular flexibility index (Phi) is 6.06. The minimum atomic E-state index is -0.342. The SMILES string of the molecule is CNCCCN1CCC(c2cccc3c2n(C)c(=O)n3N2C(=O)CCCC2=O)CC1. The van der Waals surface area contributed by atoms with Crippen LogP contribution >= 0.6 is 0 Å². The van der Waals surface area contributed by atoms with E-state index in [2.05, 4.69) is 16.3 Å². The van der Waals surface area contributed by atoms with Gasteiger partial charge in [-0.15, -0.1) is 0 Å². The quantitative estimate of drug-likeness (QED) is 0.571. The van der Waals surface area contributed by atoms with Crippen molar-refractivity contribution in [3.63, 3.8) is 0 Å². The third-order valence-electron chi connectivity index (χ3n) is 6.46. The largest absolute Gasteiger partial charge is 0.348 e. The summed E-state index contributed by atoms with van der Waals surface area (Å²) in [5, 5.41) is 4.25. The Morgan fingerprint density at radius 3 is 2.43 bits per heavy atom. The molecule has 2 aliphatic rings. The molecule has 1 aromatic carbocycles. The lowest BCUT2D eigenvalue weighted by Gasteiger charge is -2.32. The Morgan fingerprint density at radius 1 is 1.07 bits per heavy atom. The summed E-state index contributed by atoms with van der Waals surface area (Å²) >= 11 is 0. The second-order valence-electron chi connectivity index (χ2n) is 8.39. The van der Waals surface area contributed by atoms with Gasteiger partial charge in [-0.1, -0.05) is 12.1 Å². The zero-order chi connectivity index (χ0) is 21.3. The van der Waals surface area contributed by atoms with Gasteiger partial charge >= 0.3 is 5.69 Å². The lowest BCUT2D eigenvalue weighted by molar-refractivity contribution is -0.131. The maximum absolute atomic E-state index is 13.1. The molecule has 0 aliphatic carbocycles. The predicted molar refractivity (Wildman–Crippen MR) is 116 cm³/mol. The number of likely N-dealkylation sites (tertiary alicyclic amines) is 1. The first kappa shape index (κ1) is 20.8. The van der Waals surface area contributed by atoms with Gasteiger partial charge in [-0.3, -0.25) is 14.2 Å². The number of para-hydroxylation sites is 1. The zero-order valence-electron chi connectivity index (χ0n) is 17.9. The number of piperidine rings is 2. The summed E-state index contributed by atoms with van der Waals surface area (Å²) in [6, 6.07) is 5.86. The molecule has 2 aromatic rings. The number of nitrogens with zero attached hydrogens (tertiary/aromatic N) is 4. The summed E-state index contributed by atoms with van der Waals surface area (Å²) in [4.78, 5) is 40.5. The van der Waals surface area contributed by atoms with Crippen LogP contribution in [0, 0.1) is 0 Å². The van der Waals surface area contributed by atoms with Crippen LogP contribution in [-0.2, 0) is 16.6 Å². The van der Waals surface area contributed by atoms with Crippen LogP contribution in [0.3, 0.4) is 0 Å². The molecule has 0 bridgehead atoms. The molecular weight excluding hydrogens is 382 g/mol. The molecule has 8 heteroatoms. The molecular formula is C22H31N5O3. The monoisotopic (exact) mass is 413 g/mol. The summed E-state index contributed by atoms with van der Waals surface area (Å²) in [7, 11) is 3.71. The van der Waals surface area contributed by atoms with Crippen molar-refractivity contribution >= 4 is 22.8 Å². The van der Waals surface area contributed by atoms with Gasteiger partial charge in [0.2, 0.25) is 11.8 Å². The van der Waals surface area contributed by atoms with E-state index in [1.165, 1.54) is 4.68 Å². The number of aryl methyl sites for hydroxylation is 1. The Hall–Kier alpha value is -2.45. The number of carbonyl (C=O) groups is 2. The maximum atomic E-state index is 13.1. The van der Waals surface area contributed by atoms with E-state index < -0.39 is 0 Å². The van der Waals surface area contributed by atoms with Crippen LogP contribution in [0.2, 0.25) is 0 Å². The highest BCUT2D eigenvalue weighted by molar-refractivity contribution is 6.11. The number of carbonyl (C=O) groups excluding carboxylic acids is 2. The van der Waals surface area contributed by atoms with E-state index in [0.29, 0.717) is 30.7 Å². The van der Waals surface area contributed by atoms with Crippen LogP contribution in [-0.4, -0.2) is 59.2 Å². The second-order valence-corrected chi connectivity index (χ2v) is 8.39. The first-order valence-electron chi connectivity index (χ1n) is 11.0. The van der Waals surface area contributed by atoms with Crippen molar-refractivity contribution in [1.82, 2.24) is 19.5 Å². The average Bonchev–Trinajstić information content (AvgIpc) is 3.00. The van der Waals surface area contributed by atoms with Gasteiger partial charge < -0.3 is 10.2 Å². The van der Waals surface area contributed by atoms with Gasteiger partial charge in [0.1, 0.15) is 0 Å². The van der Waals surface area contributed by atoms with Crippen molar-refractivity contribution in [2.45, 2.75) is 44.4 Å². The topological polar surface area (TPSA) is 79.6 Å². The number of nitrogens with one attached hydrogen (secondary N) is 1. The summed E-state index contributed by atoms with van der Waals surface area (Å²) < 4.78 is 2.88. The molecule has 0 unspecified atom stereocenters. The molecule has 2 saturated heterocycles. The fraction of sp³-hybridized carbons (Fsp3) is 0.591. The Morgan fingerprint density at radius 2 is 1.77 bits per heavy atom. The summed E-state index contributed by atoms with van der Waals surface area (Å²) in [6.07, 6.45) is 4.36. The number of fused-ring (bicyclic) bond motifs is 1. The molecule has 0 spiro atoms. The molecule has 30 heavy (non-hydrogen) atoms. The Labute approximate surface area is 176 Å². The molecule has 1 aromatic heterocycles. The smallest absolute Gasteiger partial charge is 0.320 e. The number of imide groups is 1. The van der Waals surface area contributed by atoms with Crippen LogP contribution in [0.1, 0.15) is 50.0 Å². The van der Waals surface area contributed by atoms with Crippen molar-refractivity contribution < 1.29 is 9.59 Å². The van der Waals surface area contributed by atoms with E-state index in [0.717, 1.165) is 61.5 Å². The number of hydrogen-bond donors (Lipinski definition) is 1. The third-order valence-corrected chi connectivity index (χ3v) is 6.46. The fourth-order valence-electron chi connectivity index (χ4n) is 4.86. The Balaban J connectivity index is 1.65. The maximum Gasteiger partial charge on any atom is 0.348 e. The fourth-order valence-corrected chi connectivity index (χ4v) is 4.86. The molecule has 1 N–H and O–H groups in total. The van der Waals surface area contributed by atoms with Gasteiger partial charge in [-0.05, 0) is 76.5 Å². The molecule has 8 nitrogen and oxygen atoms in total. The molecule has 0 atom stereocenters. The highest BCUT2D eigenvalue weighted by atomic mass is 16.2. The van der Waals surface area contributed by atoms with Crippen molar-refractivity contribution in [2.75, 3.05) is 38.2 Å². The van der Waals surface area contributed by atoms with E-state index >= 15 is 0 Å². The third kappa shape index (κ3) is 3.70. The van der Waals surface area contributed by atoms with Gasteiger partial charge in [-0.25, -0.2) is 4.79 Å². The van der Waals surface area contributed by atoms with Crippen LogP contribution in [0.5, 0.6) is 0 Å². The highest BCUT2D eigenvalue weighted by Gasteiger charge is 2.32. The molecule has 2 amide bonds. The van der Waals surface area contributed by atoms with Gasteiger partial charge in [0.15, 0.2) is 0 Å². The van der Waals surface area contributed by atoms with Gasteiger partial charge in [0.05, 0.1) is 11.0 Å². The molecule has 0 saturated carbocycles. The van der Waals surface area contributed by atoms with Crippen LogP contribution in [0.4, 0.5) is 0 Å². The van der Waals surface area contributed by atoms with E-state index in [9.17, 15) is 14.4 Å².